The molecule has 0 fully saturated rings. The Morgan fingerprint density at radius 3 is 3.00 bits per heavy atom. The normalized spacial score (nSPS) is 9.00. The van der Waals surface area contributed by atoms with Crippen LogP contribution in [0.25, 0.3) is 0 Å². The summed E-state index contributed by atoms with van der Waals surface area (Å²) in [5, 5.41) is 6.88. The Morgan fingerprint density at radius 1 is 1.78 bits per heavy atom. The summed E-state index contributed by atoms with van der Waals surface area (Å²) in [7, 11) is 0. The third-order valence-electron chi connectivity index (χ3n) is 0.962. The van der Waals surface area contributed by atoms with Gasteiger partial charge in [-0.25, -0.2) is 5.54 Å². The molecule has 1 rings (SSSR count). The molecular weight excluding hydrogens is 121 g/mol. The molecule has 1 aromatic rings. The maximum Gasteiger partial charge on any atom is 0.170 e. The second-order valence-corrected chi connectivity index (χ2v) is 1.55. The van der Waals surface area contributed by atoms with E-state index >= 15 is 0 Å². The van der Waals surface area contributed by atoms with Crippen molar-refractivity contribution in [2.45, 2.75) is 0 Å². The molecule has 0 saturated carbocycles. The summed E-state index contributed by atoms with van der Waals surface area (Å²) in [5.41, 5.74) is 1.66. The van der Waals surface area contributed by atoms with Crippen molar-refractivity contribution in [1.82, 2.24) is 10.5 Å². The molecule has 0 atom stereocenters. The number of H-pyrrole nitrogens is 1. The highest BCUT2D eigenvalue weighted by molar-refractivity contribution is 5.93. The highest BCUT2D eigenvalue weighted by Crippen LogP contribution is 1.92. The summed E-state index contributed by atoms with van der Waals surface area (Å²) in [6.45, 7) is 0. The minimum atomic E-state index is -0.250. The Hall–Kier alpha value is -1.32. The van der Waals surface area contributed by atoms with Crippen molar-refractivity contribution >= 4 is 5.84 Å². The average Bonchev–Trinajstić information content (AvgIpc) is 2.37. The van der Waals surface area contributed by atoms with Gasteiger partial charge in [-0.15, -0.1) is 4.48 Å². The zero-order valence-corrected chi connectivity index (χ0v) is 4.61. The zero-order chi connectivity index (χ0) is 6.69. The summed E-state index contributed by atoms with van der Waals surface area (Å²) in [6.07, 6.45) is 1.63. The molecule has 0 spiro atoms. The van der Waals surface area contributed by atoms with Crippen LogP contribution in [0.1, 0.15) is 5.69 Å². The van der Waals surface area contributed by atoms with E-state index in [0.717, 1.165) is 0 Å². The zero-order valence-electron chi connectivity index (χ0n) is 4.61. The Balaban J connectivity index is 2.77. The number of hydrogen-bond acceptors (Lipinski definition) is 1. The topological polar surface area (TPSA) is 51.7 Å². The molecule has 3 nitrogen and oxygen atoms in total. The fraction of sp³-hybridized carbons (Fsp3) is 0. The van der Waals surface area contributed by atoms with Gasteiger partial charge in [0.05, 0.1) is 5.69 Å². The quantitative estimate of drug-likeness (QED) is 0.292. The van der Waals surface area contributed by atoms with Crippen LogP contribution in [-0.4, -0.2) is 10.8 Å². The van der Waals surface area contributed by atoms with Crippen molar-refractivity contribution in [3.05, 3.63) is 24.0 Å². The molecule has 0 aromatic carbocycles. The van der Waals surface area contributed by atoms with E-state index in [0.29, 0.717) is 5.69 Å². The van der Waals surface area contributed by atoms with Gasteiger partial charge in [0.15, 0.2) is 5.84 Å². The van der Waals surface area contributed by atoms with Crippen molar-refractivity contribution < 1.29 is 4.48 Å². The number of nitrogens with one attached hydrogen (secondary N) is 3. The van der Waals surface area contributed by atoms with Crippen molar-refractivity contribution in [1.29, 1.82) is 5.41 Å². The molecular formula is C5H6FN3. The third-order valence-corrected chi connectivity index (χ3v) is 0.962. The molecule has 0 aliphatic rings. The van der Waals surface area contributed by atoms with Crippen molar-refractivity contribution in [2.24, 2.45) is 0 Å². The van der Waals surface area contributed by atoms with Gasteiger partial charge in [0, 0.05) is 6.20 Å². The van der Waals surface area contributed by atoms with Gasteiger partial charge in [-0.05, 0) is 12.1 Å². The highest BCUT2D eigenvalue weighted by atomic mass is 19.2. The molecule has 0 radical (unpaired) electrons. The van der Waals surface area contributed by atoms with E-state index in [1.54, 1.807) is 18.3 Å². The van der Waals surface area contributed by atoms with E-state index < -0.39 is 0 Å². The fourth-order valence-electron chi connectivity index (χ4n) is 0.537. The second-order valence-electron chi connectivity index (χ2n) is 1.55. The van der Waals surface area contributed by atoms with Crippen LogP contribution in [0.4, 0.5) is 4.48 Å². The van der Waals surface area contributed by atoms with Crippen molar-refractivity contribution in [3.8, 4) is 0 Å². The molecule has 0 saturated heterocycles. The predicted octanol–water partition coefficient (Wildman–Crippen LogP) is 0.814. The van der Waals surface area contributed by atoms with Gasteiger partial charge >= 0.3 is 0 Å². The number of rotatable bonds is 1. The van der Waals surface area contributed by atoms with Gasteiger partial charge in [-0.1, -0.05) is 0 Å². The third kappa shape index (κ3) is 1.07. The Kier molecular flexibility index (Phi) is 1.48. The molecule has 0 aliphatic heterocycles. The van der Waals surface area contributed by atoms with E-state index in [2.05, 4.69) is 4.98 Å². The Labute approximate surface area is 51.3 Å². The largest absolute Gasteiger partial charge is 0.359 e. The van der Waals surface area contributed by atoms with Gasteiger partial charge < -0.3 is 4.98 Å². The van der Waals surface area contributed by atoms with Crippen LogP contribution in [-0.2, 0) is 0 Å². The van der Waals surface area contributed by atoms with Gasteiger partial charge in [0.2, 0.25) is 0 Å². The minimum Gasteiger partial charge on any atom is -0.359 e. The van der Waals surface area contributed by atoms with E-state index in [9.17, 15) is 4.48 Å². The first-order valence-electron chi connectivity index (χ1n) is 2.43. The average molecular weight is 127 g/mol. The molecule has 0 amide bonds. The lowest BCUT2D eigenvalue weighted by atomic mass is 10.4. The van der Waals surface area contributed by atoms with Crippen LogP contribution in [0.5, 0.6) is 0 Å². The van der Waals surface area contributed by atoms with E-state index in [4.69, 9.17) is 5.41 Å². The summed E-state index contributed by atoms with van der Waals surface area (Å²) in [4.78, 5) is 2.66. The summed E-state index contributed by atoms with van der Waals surface area (Å²) in [6, 6.07) is 3.30. The van der Waals surface area contributed by atoms with Crippen LogP contribution < -0.4 is 5.54 Å². The molecule has 4 heteroatoms. The molecule has 1 aromatic heterocycles. The molecule has 3 N–H and O–H groups in total. The first kappa shape index (κ1) is 5.81. The van der Waals surface area contributed by atoms with Crippen LogP contribution in [0.15, 0.2) is 18.3 Å². The number of aromatic amines is 1. The maximum absolute atomic E-state index is 11.5. The lowest BCUT2D eigenvalue weighted by Crippen LogP contribution is -2.13. The summed E-state index contributed by atoms with van der Waals surface area (Å²) < 4.78 is 11.5. The molecule has 0 aliphatic carbocycles. The van der Waals surface area contributed by atoms with Gasteiger partial charge in [-0.2, -0.15) is 0 Å². The monoisotopic (exact) mass is 127 g/mol. The molecule has 9 heavy (non-hydrogen) atoms. The van der Waals surface area contributed by atoms with Gasteiger partial charge in [0.1, 0.15) is 0 Å². The molecule has 1 heterocycles. The summed E-state index contributed by atoms with van der Waals surface area (Å²) >= 11 is 0. The lowest BCUT2D eigenvalue weighted by Gasteiger charge is -1.92. The van der Waals surface area contributed by atoms with Crippen molar-refractivity contribution in [2.75, 3.05) is 0 Å². The van der Waals surface area contributed by atoms with Gasteiger partial charge in [-0.3, -0.25) is 5.41 Å². The smallest absolute Gasteiger partial charge is 0.170 e. The van der Waals surface area contributed by atoms with E-state index in [1.165, 1.54) is 5.54 Å². The predicted molar refractivity (Wildman–Crippen MR) is 31.9 cm³/mol. The van der Waals surface area contributed by atoms with Crippen LogP contribution in [0, 0.1) is 5.41 Å². The van der Waals surface area contributed by atoms with Crippen LogP contribution in [0.3, 0.4) is 0 Å². The maximum atomic E-state index is 11.5. The SMILES string of the molecule is N=C(NF)c1ccc[nH]1. The molecule has 0 unspecified atom stereocenters. The Bertz CT molecular complexity index is 192. The van der Waals surface area contributed by atoms with E-state index in [-0.39, 0.29) is 5.84 Å². The van der Waals surface area contributed by atoms with Crippen molar-refractivity contribution in [3.63, 3.8) is 0 Å². The number of halogens is 1. The highest BCUT2D eigenvalue weighted by Gasteiger charge is 1.96. The second kappa shape index (κ2) is 2.30. The Morgan fingerprint density at radius 2 is 2.56 bits per heavy atom. The van der Waals surface area contributed by atoms with E-state index in [1.807, 2.05) is 0 Å². The van der Waals surface area contributed by atoms with Gasteiger partial charge in [0.25, 0.3) is 0 Å². The number of hydrogen-bond donors (Lipinski definition) is 3. The standard InChI is InChI=1S/C5H6FN3/c6-9-5(7)4-2-1-3-8-4/h1-3,8H,(H2,7,9). The lowest BCUT2D eigenvalue weighted by molar-refractivity contribution is 0.431. The number of aromatic nitrogens is 1. The first-order valence-corrected chi connectivity index (χ1v) is 2.43. The van der Waals surface area contributed by atoms with Crippen LogP contribution >= 0.6 is 0 Å². The minimum absolute atomic E-state index is 0.250. The fourth-order valence-corrected chi connectivity index (χ4v) is 0.537. The first-order chi connectivity index (χ1) is 4.34. The summed E-state index contributed by atoms with van der Waals surface area (Å²) in [5.74, 6) is -0.250. The number of amidine groups is 1. The van der Waals surface area contributed by atoms with Crippen LogP contribution in [0.2, 0.25) is 0 Å². The molecule has 0 bridgehead atoms. The molecule has 48 valence electrons.